The predicted octanol–water partition coefficient (Wildman–Crippen LogP) is 17.0. The molecule has 2 aliphatic carbocycles. The number of rotatable bonds is 5. The SMILES string of the molecule is CC(C)c1cc2ccc3c(-c4cccc(-c5ccc6c(c5)C(C)(C)c5ccccc5-6)c4)cc(-c4cccc(-c5ccc6c(c5)C(C)(C)c5ccccc5-6)c4)c4ccc(c1)c2c34. The lowest BCUT2D eigenvalue weighted by molar-refractivity contribution is 0.660. The van der Waals surface area contributed by atoms with Crippen LogP contribution in [0.4, 0.5) is 0 Å². The van der Waals surface area contributed by atoms with Crippen LogP contribution in [-0.4, -0.2) is 0 Å². The lowest BCUT2D eigenvalue weighted by atomic mass is 9.81. The van der Waals surface area contributed by atoms with Crippen molar-refractivity contribution < 1.29 is 0 Å². The van der Waals surface area contributed by atoms with Crippen molar-refractivity contribution in [2.45, 2.75) is 58.3 Å². The van der Waals surface area contributed by atoms with Gasteiger partial charge in [0.05, 0.1) is 0 Å². The van der Waals surface area contributed by atoms with Gasteiger partial charge in [-0.3, -0.25) is 0 Å². The van der Waals surface area contributed by atoms with E-state index < -0.39 is 0 Å². The zero-order valence-electron chi connectivity index (χ0n) is 35.8. The lowest BCUT2D eigenvalue weighted by Gasteiger charge is -2.22. The van der Waals surface area contributed by atoms with Gasteiger partial charge in [0.15, 0.2) is 0 Å². The average molecular weight is 781 g/mol. The zero-order valence-corrected chi connectivity index (χ0v) is 35.8. The van der Waals surface area contributed by atoms with E-state index in [0.717, 1.165) is 0 Å². The van der Waals surface area contributed by atoms with Gasteiger partial charge in [-0.25, -0.2) is 0 Å². The van der Waals surface area contributed by atoms with Crippen LogP contribution in [0.1, 0.15) is 75.3 Å². The molecule has 0 unspecified atom stereocenters. The molecule has 10 aromatic carbocycles. The van der Waals surface area contributed by atoms with Gasteiger partial charge < -0.3 is 0 Å². The molecule has 12 rings (SSSR count). The van der Waals surface area contributed by atoms with E-state index in [1.165, 1.54) is 127 Å². The second-order valence-electron chi connectivity index (χ2n) is 19.1. The Morgan fingerprint density at radius 1 is 0.311 bits per heavy atom. The highest BCUT2D eigenvalue weighted by Crippen LogP contribution is 2.52. The molecule has 0 N–H and O–H groups in total. The first-order chi connectivity index (χ1) is 29.6. The molecule has 0 saturated carbocycles. The first-order valence-electron chi connectivity index (χ1n) is 22.0. The van der Waals surface area contributed by atoms with Gasteiger partial charge in [0.25, 0.3) is 0 Å². The van der Waals surface area contributed by atoms with Crippen LogP contribution in [-0.2, 0) is 10.8 Å². The molecule has 0 aliphatic heterocycles. The summed E-state index contributed by atoms with van der Waals surface area (Å²) in [6.45, 7) is 14.1. The van der Waals surface area contributed by atoms with Gasteiger partial charge in [-0.2, -0.15) is 0 Å². The largest absolute Gasteiger partial charge is 0.0619 e. The second kappa shape index (κ2) is 12.9. The Labute approximate surface area is 359 Å². The summed E-state index contributed by atoms with van der Waals surface area (Å²) in [5, 5.41) is 7.93. The van der Waals surface area contributed by atoms with Gasteiger partial charge in [0.1, 0.15) is 0 Å². The van der Waals surface area contributed by atoms with Crippen molar-refractivity contribution in [1.29, 1.82) is 0 Å². The third-order valence-electron chi connectivity index (χ3n) is 14.6. The quantitative estimate of drug-likeness (QED) is 0.153. The van der Waals surface area contributed by atoms with E-state index in [1.807, 2.05) is 0 Å². The molecule has 0 nitrogen and oxygen atoms in total. The Kier molecular flexibility index (Phi) is 7.62. The summed E-state index contributed by atoms with van der Waals surface area (Å²) >= 11 is 0. The highest BCUT2D eigenvalue weighted by molar-refractivity contribution is 6.28. The first kappa shape index (κ1) is 36.1. The standard InChI is InChI=1S/C61H48/c1-36(2)45-31-43-23-27-50-52(41-15-11-13-37(29-41)39-21-25-48-46-17-7-9-19-54(46)60(3,4)56(48)33-39)35-53(51-28-24-44(32-45)58(43)59(50)51)42-16-12-14-38(30-42)40-22-26-49-47-18-8-10-20-55(47)61(5,6)57(49)34-40/h7-36H,1-6H3. The van der Waals surface area contributed by atoms with Gasteiger partial charge in [0, 0.05) is 10.8 Å². The molecule has 2 aliphatic rings. The molecule has 0 spiro atoms. The normalized spacial score (nSPS) is 14.5. The van der Waals surface area contributed by atoms with Crippen LogP contribution in [0.3, 0.4) is 0 Å². The fourth-order valence-electron chi connectivity index (χ4n) is 11.3. The van der Waals surface area contributed by atoms with Crippen molar-refractivity contribution >= 4 is 32.3 Å². The Morgan fingerprint density at radius 2 is 0.738 bits per heavy atom. The Morgan fingerprint density at radius 3 is 1.21 bits per heavy atom. The van der Waals surface area contributed by atoms with Crippen LogP contribution in [0.2, 0.25) is 0 Å². The van der Waals surface area contributed by atoms with E-state index >= 15 is 0 Å². The van der Waals surface area contributed by atoms with Crippen LogP contribution in [0.5, 0.6) is 0 Å². The topological polar surface area (TPSA) is 0 Å². The van der Waals surface area contributed by atoms with E-state index in [2.05, 4.69) is 217 Å². The summed E-state index contributed by atoms with van der Waals surface area (Å²) in [4.78, 5) is 0. The number of fused-ring (bicyclic) bond motifs is 6. The number of hydrogen-bond donors (Lipinski definition) is 0. The molecule has 0 saturated heterocycles. The minimum atomic E-state index is -0.0501. The van der Waals surface area contributed by atoms with Crippen LogP contribution >= 0.6 is 0 Å². The van der Waals surface area contributed by atoms with Gasteiger partial charge in [-0.1, -0.05) is 187 Å². The summed E-state index contributed by atoms with van der Waals surface area (Å²) in [5.74, 6) is 0.455. The van der Waals surface area contributed by atoms with E-state index in [-0.39, 0.29) is 10.8 Å². The van der Waals surface area contributed by atoms with Crippen molar-refractivity contribution in [3.63, 3.8) is 0 Å². The number of benzene rings is 10. The molecule has 0 bridgehead atoms. The van der Waals surface area contributed by atoms with Gasteiger partial charge in [-0.15, -0.1) is 0 Å². The molecule has 61 heavy (non-hydrogen) atoms. The monoisotopic (exact) mass is 780 g/mol. The maximum Gasteiger partial charge on any atom is 0.0159 e. The van der Waals surface area contributed by atoms with Crippen LogP contribution < -0.4 is 0 Å². The van der Waals surface area contributed by atoms with E-state index in [0.29, 0.717) is 5.92 Å². The molecule has 0 heteroatoms. The van der Waals surface area contributed by atoms with Crippen molar-refractivity contribution in [2.24, 2.45) is 0 Å². The van der Waals surface area contributed by atoms with E-state index in [4.69, 9.17) is 0 Å². The molecule has 0 aromatic heterocycles. The van der Waals surface area contributed by atoms with Crippen molar-refractivity contribution in [3.05, 3.63) is 204 Å². The maximum absolute atomic E-state index is 2.48. The molecular formula is C61H48. The van der Waals surface area contributed by atoms with Crippen LogP contribution in [0, 0.1) is 0 Å². The van der Waals surface area contributed by atoms with Crippen molar-refractivity contribution in [1.82, 2.24) is 0 Å². The highest BCUT2D eigenvalue weighted by Gasteiger charge is 2.36. The smallest absolute Gasteiger partial charge is 0.0159 e. The fraction of sp³-hybridized carbons (Fsp3) is 0.148. The molecular weight excluding hydrogens is 733 g/mol. The first-order valence-corrected chi connectivity index (χ1v) is 22.0. The minimum Gasteiger partial charge on any atom is -0.0619 e. The van der Waals surface area contributed by atoms with E-state index in [9.17, 15) is 0 Å². The Balaban J connectivity index is 1.04. The second-order valence-corrected chi connectivity index (χ2v) is 19.1. The van der Waals surface area contributed by atoms with Gasteiger partial charge in [0.2, 0.25) is 0 Å². The van der Waals surface area contributed by atoms with Crippen molar-refractivity contribution in [2.75, 3.05) is 0 Å². The van der Waals surface area contributed by atoms with E-state index in [1.54, 1.807) is 0 Å². The summed E-state index contributed by atoms with van der Waals surface area (Å²) in [6, 6.07) is 67.4. The highest BCUT2D eigenvalue weighted by atomic mass is 14.4. The van der Waals surface area contributed by atoms with Crippen LogP contribution in [0.15, 0.2) is 176 Å². The molecule has 0 radical (unpaired) electrons. The summed E-state index contributed by atoms with van der Waals surface area (Å²) < 4.78 is 0. The fourth-order valence-corrected chi connectivity index (χ4v) is 11.3. The Hall–Kier alpha value is -6.76. The lowest BCUT2D eigenvalue weighted by Crippen LogP contribution is -2.14. The summed E-state index contributed by atoms with van der Waals surface area (Å²) in [5.41, 5.74) is 22.3. The third-order valence-corrected chi connectivity index (χ3v) is 14.6. The zero-order chi connectivity index (χ0) is 41.4. The van der Waals surface area contributed by atoms with Crippen LogP contribution in [0.25, 0.3) is 99.1 Å². The average Bonchev–Trinajstić information content (AvgIpc) is 3.66. The molecule has 0 fully saturated rings. The third kappa shape index (κ3) is 5.25. The summed E-state index contributed by atoms with van der Waals surface area (Å²) in [6.07, 6.45) is 0. The maximum atomic E-state index is 2.48. The molecule has 10 aromatic rings. The minimum absolute atomic E-state index is 0.0501. The predicted molar refractivity (Wildman–Crippen MR) is 261 cm³/mol. The molecule has 292 valence electrons. The van der Waals surface area contributed by atoms with Gasteiger partial charge >= 0.3 is 0 Å². The van der Waals surface area contributed by atoms with Crippen molar-refractivity contribution in [3.8, 4) is 66.8 Å². The molecule has 0 amide bonds. The summed E-state index contributed by atoms with van der Waals surface area (Å²) in [7, 11) is 0. The number of hydrogen-bond acceptors (Lipinski definition) is 0. The van der Waals surface area contributed by atoms with Gasteiger partial charge in [-0.05, 0) is 163 Å². The Bertz CT molecular complexity index is 3220. The molecule has 0 heterocycles. The molecule has 0 atom stereocenters.